The third-order valence-electron chi connectivity index (χ3n) is 2.55. The molecule has 0 bridgehead atoms. The van der Waals surface area contributed by atoms with Crippen LogP contribution < -0.4 is 5.32 Å². The minimum atomic E-state index is 0.172. The largest absolute Gasteiger partial charge is 0.497 e. The lowest BCUT2D eigenvalue weighted by Crippen LogP contribution is -2.23. The van der Waals surface area contributed by atoms with Gasteiger partial charge in [0.2, 0.25) is 0 Å². The lowest BCUT2D eigenvalue weighted by atomic mass is 10.1. The van der Waals surface area contributed by atoms with Crippen LogP contribution in [0.5, 0.6) is 0 Å². The lowest BCUT2D eigenvalue weighted by Gasteiger charge is -2.20. The first-order valence-corrected chi connectivity index (χ1v) is 6.49. The van der Waals surface area contributed by atoms with Crippen LogP contribution in [0.2, 0.25) is 15.1 Å². The van der Waals surface area contributed by atoms with Crippen LogP contribution in [0, 0.1) is 0 Å². The number of rotatable bonds is 3. The smallest absolute Gasteiger partial charge is 0.115 e. The molecule has 1 N–H and O–H groups in total. The van der Waals surface area contributed by atoms with Gasteiger partial charge < -0.3 is 10.1 Å². The van der Waals surface area contributed by atoms with Gasteiger partial charge in [0.15, 0.2) is 0 Å². The van der Waals surface area contributed by atoms with E-state index in [0.717, 1.165) is 18.5 Å². The molecule has 0 saturated heterocycles. The third kappa shape index (κ3) is 3.44. The van der Waals surface area contributed by atoms with Crippen LogP contribution >= 0.6 is 34.8 Å². The SMILES string of the molecule is Clc1cc(Cl)c(NCC2CCC=CO2)cc1Cl. The monoisotopic (exact) mass is 291 g/mol. The predicted molar refractivity (Wildman–Crippen MR) is 73.2 cm³/mol. The molecule has 0 saturated carbocycles. The van der Waals surface area contributed by atoms with Crippen LogP contribution in [0.4, 0.5) is 5.69 Å². The Morgan fingerprint density at radius 1 is 1.18 bits per heavy atom. The summed E-state index contributed by atoms with van der Waals surface area (Å²) in [5.74, 6) is 0. The zero-order valence-corrected chi connectivity index (χ0v) is 11.3. The molecule has 0 spiro atoms. The first kappa shape index (κ1) is 12.9. The number of allylic oxidation sites excluding steroid dienone is 1. The van der Waals surface area contributed by atoms with E-state index < -0.39 is 0 Å². The van der Waals surface area contributed by atoms with Gasteiger partial charge in [-0.1, -0.05) is 34.8 Å². The molecule has 1 unspecified atom stereocenters. The second-order valence-corrected chi connectivity index (χ2v) is 5.06. The van der Waals surface area contributed by atoms with Gasteiger partial charge in [-0.15, -0.1) is 0 Å². The molecule has 17 heavy (non-hydrogen) atoms. The van der Waals surface area contributed by atoms with Crippen LogP contribution in [0.1, 0.15) is 12.8 Å². The molecule has 1 aliphatic rings. The van der Waals surface area contributed by atoms with Crippen LogP contribution in [-0.2, 0) is 4.74 Å². The molecule has 0 aliphatic carbocycles. The van der Waals surface area contributed by atoms with Crippen molar-refractivity contribution in [2.75, 3.05) is 11.9 Å². The van der Waals surface area contributed by atoms with E-state index in [2.05, 4.69) is 5.32 Å². The maximum absolute atomic E-state index is 6.06. The Morgan fingerprint density at radius 2 is 1.94 bits per heavy atom. The van der Waals surface area contributed by atoms with E-state index in [1.54, 1.807) is 18.4 Å². The molecule has 0 fully saturated rings. The van der Waals surface area contributed by atoms with Crippen molar-refractivity contribution < 1.29 is 4.74 Å². The Bertz CT molecular complexity index is 434. The lowest BCUT2D eigenvalue weighted by molar-refractivity contribution is 0.135. The fourth-order valence-corrected chi connectivity index (χ4v) is 2.23. The second-order valence-electron chi connectivity index (χ2n) is 3.83. The maximum atomic E-state index is 6.06. The van der Waals surface area contributed by atoms with E-state index in [4.69, 9.17) is 39.5 Å². The standard InChI is InChI=1S/C12H12Cl3NO/c13-9-5-11(15)12(6-10(9)14)16-7-8-3-1-2-4-17-8/h2,4-6,8,16H,1,3,7H2. The van der Waals surface area contributed by atoms with Crippen LogP contribution in [0.3, 0.4) is 0 Å². The molecule has 2 nitrogen and oxygen atoms in total. The highest BCUT2D eigenvalue weighted by Gasteiger charge is 2.12. The number of hydrogen-bond donors (Lipinski definition) is 1. The van der Waals surface area contributed by atoms with E-state index >= 15 is 0 Å². The van der Waals surface area contributed by atoms with Crippen molar-refractivity contribution in [2.24, 2.45) is 0 Å². The van der Waals surface area contributed by atoms with Crippen LogP contribution in [-0.4, -0.2) is 12.6 Å². The Labute approximate surface area is 115 Å². The molecule has 1 aromatic carbocycles. The summed E-state index contributed by atoms with van der Waals surface area (Å²) >= 11 is 17.8. The van der Waals surface area contributed by atoms with Crippen LogP contribution in [0.15, 0.2) is 24.5 Å². The summed E-state index contributed by atoms with van der Waals surface area (Å²) in [6.07, 6.45) is 5.98. The van der Waals surface area contributed by atoms with Crippen molar-refractivity contribution in [3.63, 3.8) is 0 Å². The first-order chi connectivity index (χ1) is 8.16. The van der Waals surface area contributed by atoms with Gasteiger partial charge in [-0.05, 0) is 31.1 Å². The number of anilines is 1. The van der Waals surface area contributed by atoms with Crippen molar-refractivity contribution >= 4 is 40.5 Å². The van der Waals surface area contributed by atoms with Gasteiger partial charge in [-0.25, -0.2) is 0 Å². The second kappa shape index (κ2) is 5.85. The van der Waals surface area contributed by atoms with E-state index in [0.29, 0.717) is 21.6 Å². The Hall–Kier alpha value is -0.570. The molecule has 5 heteroatoms. The van der Waals surface area contributed by atoms with Gasteiger partial charge in [-0.2, -0.15) is 0 Å². The Kier molecular flexibility index (Phi) is 4.43. The Balaban J connectivity index is 1.98. The van der Waals surface area contributed by atoms with Crippen LogP contribution in [0.25, 0.3) is 0 Å². The summed E-state index contributed by atoms with van der Waals surface area (Å²) < 4.78 is 5.45. The number of nitrogens with one attached hydrogen (secondary N) is 1. The minimum Gasteiger partial charge on any atom is -0.497 e. The minimum absolute atomic E-state index is 0.172. The van der Waals surface area contributed by atoms with Crippen molar-refractivity contribution in [1.29, 1.82) is 0 Å². The van der Waals surface area contributed by atoms with Crippen molar-refractivity contribution in [2.45, 2.75) is 18.9 Å². The molecular weight excluding hydrogens is 280 g/mol. The quantitative estimate of drug-likeness (QED) is 0.812. The van der Waals surface area contributed by atoms with Gasteiger partial charge in [0.1, 0.15) is 6.10 Å². The molecule has 1 aromatic rings. The highest BCUT2D eigenvalue weighted by atomic mass is 35.5. The first-order valence-electron chi connectivity index (χ1n) is 5.35. The van der Waals surface area contributed by atoms with E-state index in [-0.39, 0.29) is 6.10 Å². The molecule has 1 atom stereocenters. The summed E-state index contributed by atoms with van der Waals surface area (Å²) in [5.41, 5.74) is 0.777. The fraction of sp³-hybridized carbons (Fsp3) is 0.333. The van der Waals surface area contributed by atoms with Gasteiger partial charge in [0.25, 0.3) is 0 Å². The average molecular weight is 293 g/mol. The summed E-state index contributed by atoms with van der Waals surface area (Å²) in [6.45, 7) is 0.696. The van der Waals surface area contributed by atoms with E-state index in [1.807, 2.05) is 6.08 Å². The molecular formula is C12H12Cl3NO. The van der Waals surface area contributed by atoms with Gasteiger partial charge in [-0.3, -0.25) is 0 Å². The molecule has 0 radical (unpaired) electrons. The normalized spacial score (nSPS) is 18.9. The van der Waals surface area contributed by atoms with E-state index in [1.165, 1.54) is 0 Å². The average Bonchev–Trinajstić information content (AvgIpc) is 2.33. The van der Waals surface area contributed by atoms with E-state index in [9.17, 15) is 0 Å². The van der Waals surface area contributed by atoms with Crippen molar-refractivity contribution in [1.82, 2.24) is 0 Å². The number of hydrogen-bond acceptors (Lipinski definition) is 2. The number of benzene rings is 1. The zero-order valence-electron chi connectivity index (χ0n) is 9.05. The number of halogens is 3. The summed E-state index contributed by atoms with van der Waals surface area (Å²) in [6, 6.07) is 3.36. The molecule has 2 rings (SSSR count). The van der Waals surface area contributed by atoms with Gasteiger partial charge in [0, 0.05) is 0 Å². The predicted octanol–water partition coefficient (Wildman–Crippen LogP) is 4.75. The fourth-order valence-electron chi connectivity index (χ4n) is 1.62. The Morgan fingerprint density at radius 3 is 2.65 bits per heavy atom. The van der Waals surface area contributed by atoms with Gasteiger partial charge in [0.05, 0.1) is 33.6 Å². The third-order valence-corrected chi connectivity index (χ3v) is 3.59. The number of ether oxygens (including phenoxy) is 1. The highest BCUT2D eigenvalue weighted by molar-refractivity contribution is 6.44. The summed E-state index contributed by atoms with van der Waals surface area (Å²) in [7, 11) is 0. The molecule has 92 valence electrons. The zero-order chi connectivity index (χ0) is 12.3. The van der Waals surface area contributed by atoms with Gasteiger partial charge >= 0.3 is 0 Å². The molecule has 0 amide bonds. The molecule has 0 aromatic heterocycles. The molecule has 1 aliphatic heterocycles. The maximum Gasteiger partial charge on any atom is 0.115 e. The molecule has 1 heterocycles. The topological polar surface area (TPSA) is 21.3 Å². The highest BCUT2D eigenvalue weighted by Crippen LogP contribution is 2.32. The summed E-state index contributed by atoms with van der Waals surface area (Å²) in [5, 5.41) is 4.72. The van der Waals surface area contributed by atoms with Crippen molar-refractivity contribution in [3.05, 3.63) is 39.5 Å². The summed E-state index contributed by atoms with van der Waals surface area (Å²) in [4.78, 5) is 0. The van der Waals surface area contributed by atoms with Crippen molar-refractivity contribution in [3.8, 4) is 0 Å².